The average Bonchev–Trinajstić information content (AvgIpc) is 2.36. The third-order valence-electron chi connectivity index (χ3n) is 3.97. The van der Waals surface area contributed by atoms with Gasteiger partial charge in [0.15, 0.2) is 10.8 Å². The van der Waals surface area contributed by atoms with Crippen molar-refractivity contribution < 1.29 is 4.74 Å². The molecule has 0 amide bonds. The summed E-state index contributed by atoms with van der Waals surface area (Å²) in [7, 11) is 0. The minimum atomic E-state index is -0.410. The van der Waals surface area contributed by atoms with E-state index in [0.717, 1.165) is 27.3 Å². The van der Waals surface area contributed by atoms with E-state index in [1.165, 1.54) is 5.56 Å². The largest absolute Gasteiger partial charge is 0.467 e. The zero-order chi connectivity index (χ0) is 14.5. The average molecular weight is 353 g/mol. The van der Waals surface area contributed by atoms with Gasteiger partial charge in [-0.1, -0.05) is 22.0 Å². The number of nitrogens with zero attached hydrogens (tertiary/aromatic N) is 1. The fourth-order valence-electron chi connectivity index (χ4n) is 3.05. The van der Waals surface area contributed by atoms with Crippen LogP contribution in [0, 0.1) is 6.92 Å². The Hall–Kier alpha value is -1.07. The van der Waals surface area contributed by atoms with Gasteiger partial charge in [0.05, 0.1) is 6.04 Å². The van der Waals surface area contributed by atoms with Crippen LogP contribution < -0.4 is 10.1 Å². The highest BCUT2D eigenvalue weighted by Gasteiger charge is 2.47. The van der Waals surface area contributed by atoms with Crippen molar-refractivity contribution in [3.8, 4) is 5.75 Å². The van der Waals surface area contributed by atoms with Crippen molar-refractivity contribution in [1.29, 1.82) is 0 Å². The Bertz CT molecular complexity index is 604. The molecule has 3 nitrogen and oxygen atoms in total. The number of halogens is 1. The van der Waals surface area contributed by atoms with Gasteiger partial charge in [-0.15, -0.1) is 6.58 Å². The van der Waals surface area contributed by atoms with Crippen molar-refractivity contribution in [3.05, 3.63) is 40.4 Å². The van der Waals surface area contributed by atoms with Gasteiger partial charge in [-0.05, 0) is 43.8 Å². The van der Waals surface area contributed by atoms with Crippen LogP contribution in [0.2, 0.25) is 0 Å². The number of benzene rings is 1. The van der Waals surface area contributed by atoms with Gasteiger partial charge in [-0.25, -0.2) is 0 Å². The molecule has 2 heterocycles. The predicted molar refractivity (Wildman–Crippen MR) is 87.9 cm³/mol. The zero-order valence-corrected chi connectivity index (χ0v) is 14.0. The lowest BCUT2D eigenvalue weighted by Crippen LogP contribution is -2.64. The molecule has 5 heteroatoms. The molecular formula is C15H17BrN2OS. The summed E-state index contributed by atoms with van der Waals surface area (Å²) in [5.41, 5.74) is 1.90. The summed E-state index contributed by atoms with van der Waals surface area (Å²) in [6, 6.07) is 4.40. The standard InChI is InChI=1S/C15H17BrN2OS/c1-4-5-18-14(20)17-12-8-15(18,3)19-13-9(2)6-10(16)7-11(12)13/h4,6-7,12H,1,5,8H2,2-3H3,(H,17,20). The van der Waals surface area contributed by atoms with Crippen LogP contribution >= 0.6 is 28.1 Å². The molecule has 1 saturated heterocycles. The molecule has 0 spiro atoms. The van der Waals surface area contributed by atoms with Crippen LogP contribution in [0.5, 0.6) is 5.75 Å². The van der Waals surface area contributed by atoms with Crippen LogP contribution in [0.25, 0.3) is 0 Å². The Balaban J connectivity index is 2.10. The second kappa shape index (κ2) is 4.74. The zero-order valence-electron chi connectivity index (χ0n) is 11.6. The quantitative estimate of drug-likeness (QED) is 0.648. The van der Waals surface area contributed by atoms with Gasteiger partial charge in [-0.3, -0.25) is 0 Å². The van der Waals surface area contributed by atoms with E-state index >= 15 is 0 Å². The first-order valence-electron chi connectivity index (χ1n) is 6.63. The summed E-state index contributed by atoms with van der Waals surface area (Å²) in [5, 5.41) is 4.16. The van der Waals surface area contributed by atoms with E-state index in [2.05, 4.69) is 58.7 Å². The lowest BCUT2D eigenvalue weighted by atomic mass is 9.89. The first-order chi connectivity index (χ1) is 9.44. The lowest BCUT2D eigenvalue weighted by Gasteiger charge is -2.52. The first-order valence-corrected chi connectivity index (χ1v) is 7.83. The van der Waals surface area contributed by atoms with E-state index in [-0.39, 0.29) is 6.04 Å². The normalized spacial score (nSPS) is 27.4. The minimum Gasteiger partial charge on any atom is -0.467 e. The third-order valence-corrected chi connectivity index (χ3v) is 4.77. The Morgan fingerprint density at radius 3 is 3.10 bits per heavy atom. The van der Waals surface area contributed by atoms with E-state index < -0.39 is 5.72 Å². The monoisotopic (exact) mass is 352 g/mol. The molecule has 1 fully saturated rings. The molecule has 2 bridgehead atoms. The maximum Gasteiger partial charge on any atom is 0.184 e. The Labute approximate surface area is 133 Å². The number of aryl methyl sites for hydroxylation is 1. The van der Waals surface area contributed by atoms with Gasteiger partial charge in [-0.2, -0.15) is 0 Å². The van der Waals surface area contributed by atoms with Crippen LogP contribution in [0.15, 0.2) is 29.3 Å². The molecular weight excluding hydrogens is 336 g/mol. The molecule has 1 aromatic carbocycles. The summed E-state index contributed by atoms with van der Waals surface area (Å²) in [4.78, 5) is 2.07. The smallest absolute Gasteiger partial charge is 0.184 e. The van der Waals surface area contributed by atoms with E-state index in [1.54, 1.807) is 0 Å². The summed E-state index contributed by atoms with van der Waals surface area (Å²) >= 11 is 9.05. The Morgan fingerprint density at radius 2 is 2.40 bits per heavy atom. The topological polar surface area (TPSA) is 24.5 Å². The SMILES string of the molecule is C=CCN1C(=S)NC2CC1(C)Oc1c(C)cc(Br)cc12. The van der Waals surface area contributed by atoms with E-state index in [1.807, 2.05) is 6.08 Å². The number of ether oxygens (including phenoxy) is 1. The van der Waals surface area contributed by atoms with E-state index in [9.17, 15) is 0 Å². The first kappa shape index (κ1) is 13.9. The van der Waals surface area contributed by atoms with Crippen molar-refractivity contribution in [2.75, 3.05) is 6.54 Å². The third kappa shape index (κ3) is 2.04. The summed E-state index contributed by atoms with van der Waals surface area (Å²) in [5.74, 6) is 0.969. The molecule has 0 aromatic heterocycles. The van der Waals surface area contributed by atoms with Crippen molar-refractivity contribution in [3.63, 3.8) is 0 Å². The lowest BCUT2D eigenvalue weighted by molar-refractivity contribution is -0.0636. The molecule has 1 N–H and O–H groups in total. The van der Waals surface area contributed by atoms with Crippen LogP contribution in [-0.2, 0) is 0 Å². The van der Waals surface area contributed by atoms with Gasteiger partial charge in [0.2, 0.25) is 0 Å². The number of thiocarbonyl (C=S) groups is 1. The molecule has 20 heavy (non-hydrogen) atoms. The highest BCUT2D eigenvalue weighted by molar-refractivity contribution is 9.10. The molecule has 2 atom stereocenters. The number of fused-ring (bicyclic) bond motifs is 4. The van der Waals surface area contributed by atoms with Crippen LogP contribution in [0.4, 0.5) is 0 Å². The maximum atomic E-state index is 6.34. The highest BCUT2D eigenvalue weighted by atomic mass is 79.9. The highest BCUT2D eigenvalue weighted by Crippen LogP contribution is 2.46. The molecule has 2 unspecified atom stereocenters. The molecule has 2 aliphatic heterocycles. The summed E-state index contributed by atoms with van der Waals surface area (Å²) < 4.78 is 7.41. The van der Waals surface area contributed by atoms with Gasteiger partial charge in [0.25, 0.3) is 0 Å². The van der Waals surface area contributed by atoms with Crippen LogP contribution in [0.1, 0.15) is 30.5 Å². The molecule has 106 valence electrons. The minimum absolute atomic E-state index is 0.202. The van der Waals surface area contributed by atoms with E-state index in [4.69, 9.17) is 17.0 Å². The molecule has 1 aromatic rings. The van der Waals surface area contributed by atoms with Gasteiger partial charge in [0.1, 0.15) is 5.75 Å². The fourth-order valence-corrected chi connectivity index (χ4v) is 4.05. The number of hydrogen-bond acceptors (Lipinski definition) is 2. The second-order valence-electron chi connectivity index (χ2n) is 5.52. The number of rotatable bonds is 2. The van der Waals surface area contributed by atoms with Crippen molar-refractivity contribution in [2.24, 2.45) is 0 Å². The van der Waals surface area contributed by atoms with Crippen molar-refractivity contribution in [2.45, 2.75) is 32.0 Å². The second-order valence-corrected chi connectivity index (χ2v) is 6.83. The van der Waals surface area contributed by atoms with Crippen LogP contribution in [0.3, 0.4) is 0 Å². The van der Waals surface area contributed by atoms with Crippen molar-refractivity contribution >= 4 is 33.3 Å². The van der Waals surface area contributed by atoms with Crippen LogP contribution in [-0.4, -0.2) is 22.3 Å². The number of nitrogens with one attached hydrogen (secondary N) is 1. The van der Waals surface area contributed by atoms with E-state index in [0.29, 0.717) is 6.54 Å². The van der Waals surface area contributed by atoms with Gasteiger partial charge < -0.3 is 15.0 Å². The van der Waals surface area contributed by atoms with Crippen molar-refractivity contribution in [1.82, 2.24) is 10.2 Å². The Morgan fingerprint density at radius 1 is 1.65 bits per heavy atom. The van der Waals surface area contributed by atoms with Gasteiger partial charge in [0, 0.05) is 23.0 Å². The molecule has 3 rings (SSSR count). The molecule has 2 aliphatic rings. The number of hydrogen-bond donors (Lipinski definition) is 1. The molecule has 0 radical (unpaired) electrons. The maximum absolute atomic E-state index is 6.34. The fraction of sp³-hybridized carbons (Fsp3) is 0.400. The summed E-state index contributed by atoms with van der Waals surface area (Å²) in [6.45, 7) is 8.66. The van der Waals surface area contributed by atoms with Gasteiger partial charge >= 0.3 is 0 Å². The molecule has 0 saturated carbocycles. The predicted octanol–water partition coefficient (Wildman–Crippen LogP) is 3.67. The summed E-state index contributed by atoms with van der Waals surface area (Å²) in [6.07, 6.45) is 2.72. The Kier molecular flexibility index (Phi) is 3.29. The molecule has 0 aliphatic carbocycles.